The van der Waals surface area contributed by atoms with Gasteiger partial charge in [0.05, 0.1) is 0 Å². The van der Waals surface area contributed by atoms with Gasteiger partial charge in [-0.3, -0.25) is 4.79 Å². The van der Waals surface area contributed by atoms with Crippen molar-refractivity contribution in [2.75, 3.05) is 39.3 Å². The predicted octanol–water partition coefficient (Wildman–Crippen LogP) is 2.04. The van der Waals surface area contributed by atoms with Crippen LogP contribution in [0.5, 0.6) is 0 Å². The highest BCUT2D eigenvalue weighted by Gasteiger charge is 2.32. The molecule has 0 aromatic heterocycles. The Kier molecular flexibility index (Phi) is 7.99. The number of hydrogen-bond acceptors (Lipinski definition) is 3. The van der Waals surface area contributed by atoms with Crippen molar-refractivity contribution in [3.63, 3.8) is 0 Å². The first-order valence-electron chi connectivity index (χ1n) is 8.31. The Morgan fingerprint density at radius 2 is 2.29 bits per heavy atom. The molecule has 2 N–H and O–H groups in total. The van der Waals surface area contributed by atoms with Crippen LogP contribution < -0.4 is 10.6 Å². The van der Waals surface area contributed by atoms with Crippen LogP contribution in [-0.2, 0) is 4.79 Å². The molecule has 1 amide bonds. The second kappa shape index (κ2) is 8.96. The van der Waals surface area contributed by atoms with Gasteiger partial charge in [0.15, 0.2) is 0 Å². The molecule has 2 saturated heterocycles. The number of carbonyl (C=O) groups is 1. The van der Waals surface area contributed by atoms with Crippen molar-refractivity contribution in [1.29, 1.82) is 0 Å². The molecule has 0 aromatic carbocycles. The first kappa shape index (κ1) is 18.7. The fourth-order valence-corrected chi connectivity index (χ4v) is 3.58. The second-order valence-electron chi connectivity index (χ2n) is 7.03. The van der Waals surface area contributed by atoms with Crippen molar-refractivity contribution in [3.05, 3.63) is 0 Å². The van der Waals surface area contributed by atoms with Crippen LogP contribution in [0.15, 0.2) is 0 Å². The smallest absolute Gasteiger partial charge is 0.219 e. The van der Waals surface area contributed by atoms with E-state index in [1.165, 1.54) is 38.9 Å². The van der Waals surface area contributed by atoms with Crippen LogP contribution in [0.3, 0.4) is 0 Å². The molecule has 0 aliphatic carbocycles. The van der Waals surface area contributed by atoms with Crippen LogP contribution in [0.4, 0.5) is 0 Å². The summed E-state index contributed by atoms with van der Waals surface area (Å²) in [7, 11) is 0. The van der Waals surface area contributed by atoms with Crippen molar-refractivity contribution in [3.8, 4) is 0 Å². The highest BCUT2D eigenvalue weighted by atomic mass is 35.5. The summed E-state index contributed by atoms with van der Waals surface area (Å²) >= 11 is 0. The van der Waals surface area contributed by atoms with Crippen molar-refractivity contribution >= 4 is 18.3 Å². The molecular weight excluding hydrogens is 286 g/mol. The first-order valence-corrected chi connectivity index (χ1v) is 8.31. The van der Waals surface area contributed by atoms with Gasteiger partial charge in [-0.25, -0.2) is 0 Å². The van der Waals surface area contributed by atoms with Crippen LogP contribution in [0, 0.1) is 11.3 Å². The number of amides is 1. The molecule has 4 nitrogen and oxygen atoms in total. The number of rotatable bonds is 6. The Labute approximate surface area is 135 Å². The lowest BCUT2D eigenvalue weighted by Gasteiger charge is -2.37. The van der Waals surface area contributed by atoms with Gasteiger partial charge in [-0.1, -0.05) is 13.8 Å². The van der Waals surface area contributed by atoms with Gasteiger partial charge in [0.1, 0.15) is 0 Å². The van der Waals surface area contributed by atoms with Crippen LogP contribution in [0.2, 0.25) is 0 Å². The molecule has 0 spiro atoms. The van der Waals surface area contributed by atoms with Crippen LogP contribution in [-0.4, -0.2) is 50.1 Å². The van der Waals surface area contributed by atoms with Gasteiger partial charge < -0.3 is 15.5 Å². The van der Waals surface area contributed by atoms with E-state index in [4.69, 9.17) is 0 Å². The van der Waals surface area contributed by atoms with Crippen LogP contribution >= 0.6 is 12.4 Å². The maximum Gasteiger partial charge on any atom is 0.219 e. The van der Waals surface area contributed by atoms with Crippen molar-refractivity contribution in [2.24, 2.45) is 11.3 Å². The van der Waals surface area contributed by atoms with Crippen molar-refractivity contribution in [1.82, 2.24) is 15.5 Å². The number of carbonyl (C=O) groups excluding carboxylic acids is 1. The van der Waals surface area contributed by atoms with Gasteiger partial charge in [-0.2, -0.15) is 0 Å². The Morgan fingerprint density at radius 1 is 1.48 bits per heavy atom. The zero-order valence-electron chi connectivity index (χ0n) is 13.6. The molecule has 2 heterocycles. The van der Waals surface area contributed by atoms with Gasteiger partial charge in [-0.15, -0.1) is 12.4 Å². The minimum Gasteiger partial charge on any atom is -0.356 e. The Morgan fingerprint density at radius 3 is 2.95 bits per heavy atom. The Balaban J connectivity index is 0.00000220. The van der Waals surface area contributed by atoms with E-state index in [2.05, 4.69) is 29.4 Å². The van der Waals surface area contributed by atoms with Crippen LogP contribution in [0.1, 0.15) is 46.0 Å². The van der Waals surface area contributed by atoms with E-state index >= 15 is 0 Å². The summed E-state index contributed by atoms with van der Waals surface area (Å²) in [6, 6.07) is 0. The normalized spacial score (nSPS) is 29.9. The zero-order chi connectivity index (χ0) is 14.4. The third kappa shape index (κ3) is 6.13. The minimum atomic E-state index is 0. The molecule has 2 aliphatic heterocycles. The van der Waals surface area contributed by atoms with E-state index in [0.29, 0.717) is 17.8 Å². The molecule has 2 aliphatic rings. The lowest BCUT2D eigenvalue weighted by Crippen LogP contribution is -2.45. The summed E-state index contributed by atoms with van der Waals surface area (Å²) in [4.78, 5) is 14.2. The minimum absolute atomic E-state index is 0. The highest BCUT2D eigenvalue weighted by Crippen LogP contribution is 2.28. The third-order valence-electron chi connectivity index (χ3n) is 4.73. The number of likely N-dealkylation sites (tertiary alicyclic amines) is 1. The fraction of sp³-hybridized carbons (Fsp3) is 0.938. The maximum absolute atomic E-state index is 11.6. The van der Waals surface area contributed by atoms with E-state index in [1.807, 2.05) is 0 Å². The largest absolute Gasteiger partial charge is 0.356 e. The highest BCUT2D eigenvalue weighted by molar-refractivity contribution is 5.85. The Bertz CT molecular complexity index is 319. The van der Waals surface area contributed by atoms with E-state index in [0.717, 1.165) is 26.1 Å². The monoisotopic (exact) mass is 317 g/mol. The summed E-state index contributed by atoms with van der Waals surface area (Å²) in [6.45, 7) is 11.2. The molecule has 124 valence electrons. The lowest BCUT2D eigenvalue weighted by atomic mass is 9.87. The summed E-state index contributed by atoms with van der Waals surface area (Å²) in [5, 5.41) is 6.58. The number of piperidine rings is 1. The predicted molar refractivity (Wildman–Crippen MR) is 89.9 cm³/mol. The summed E-state index contributed by atoms with van der Waals surface area (Å²) in [5.74, 6) is 0.860. The molecule has 0 aromatic rings. The lowest BCUT2D eigenvalue weighted by molar-refractivity contribution is -0.121. The molecule has 5 heteroatoms. The summed E-state index contributed by atoms with van der Waals surface area (Å²) < 4.78 is 0. The van der Waals surface area contributed by atoms with Gasteiger partial charge in [0.2, 0.25) is 5.91 Å². The van der Waals surface area contributed by atoms with Crippen molar-refractivity contribution in [2.45, 2.75) is 46.0 Å². The van der Waals surface area contributed by atoms with E-state index in [-0.39, 0.29) is 18.3 Å². The van der Waals surface area contributed by atoms with E-state index in [1.54, 1.807) is 0 Å². The molecule has 0 saturated carbocycles. The molecule has 2 fully saturated rings. The zero-order valence-corrected chi connectivity index (χ0v) is 14.4. The summed E-state index contributed by atoms with van der Waals surface area (Å²) in [6.07, 6.45) is 5.44. The Hall–Kier alpha value is -0.320. The second-order valence-corrected chi connectivity index (χ2v) is 7.03. The molecule has 0 radical (unpaired) electrons. The number of hydrogen-bond donors (Lipinski definition) is 2. The number of nitrogens with one attached hydrogen (secondary N) is 2. The van der Waals surface area contributed by atoms with Gasteiger partial charge in [0.25, 0.3) is 0 Å². The average molecular weight is 318 g/mol. The van der Waals surface area contributed by atoms with Gasteiger partial charge >= 0.3 is 0 Å². The van der Waals surface area contributed by atoms with E-state index < -0.39 is 0 Å². The third-order valence-corrected chi connectivity index (χ3v) is 4.73. The first-order chi connectivity index (χ1) is 9.61. The standard InChI is InChI=1S/C16H31N3O.ClH/c1-3-5-15(20)18-10-14-6-4-9-19(11-14)13-16(2)7-8-17-12-16;/h14,17H,3-13H2,1-2H3,(H,18,20);1H. The van der Waals surface area contributed by atoms with Gasteiger partial charge in [0, 0.05) is 32.6 Å². The number of halogens is 1. The molecule has 0 bridgehead atoms. The molecular formula is C16H32ClN3O. The molecule has 21 heavy (non-hydrogen) atoms. The topological polar surface area (TPSA) is 44.4 Å². The fourth-order valence-electron chi connectivity index (χ4n) is 3.58. The van der Waals surface area contributed by atoms with Gasteiger partial charge in [-0.05, 0) is 50.1 Å². The number of nitrogens with zero attached hydrogens (tertiary/aromatic N) is 1. The summed E-state index contributed by atoms with van der Waals surface area (Å²) in [5.41, 5.74) is 0.452. The molecule has 2 rings (SSSR count). The SMILES string of the molecule is CCCC(=O)NCC1CCCN(CC2(C)CCNC2)C1.Cl. The van der Waals surface area contributed by atoms with E-state index in [9.17, 15) is 4.79 Å². The average Bonchev–Trinajstić information content (AvgIpc) is 2.84. The molecule has 2 unspecified atom stereocenters. The van der Waals surface area contributed by atoms with Crippen molar-refractivity contribution < 1.29 is 4.79 Å². The van der Waals surface area contributed by atoms with Crippen LogP contribution in [0.25, 0.3) is 0 Å². The molecule has 2 atom stereocenters. The quantitative estimate of drug-likeness (QED) is 0.788. The maximum atomic E-state index is 11.6.